The maximum Gasteiger partial charge on any atom is 0.197 e. The van der Waals surface area contributed by atoms with Crippen molar-refractivity contribution in [1.29, 1.82) is 0 Å². The Hall–Kier alpha value is -1.87. The van der Waals surface area contributed by atoms with E-state index in [4.69, 9.17) is 0 Å². The van der Waals surface area contributed by atoms with Crippen LogP contribution in [0, 0.1) is 6.92 Å². The fourth-order valence-electron chi connectivity index (χ4n) is 3.02. The highest BCUT2D eigenvalue weighted by molar-refractivity contribution is 7.14. The van der Waals surface area contributed by atoms with Gasteiger partial charge in [0.15, 0.2) is 5.78 Å². The minimum absolute atomic E-state index is 0.0934. The maximum atomic E-state index is 12.5. The number of benzene rings is 1. The van der Waals surface area contributed by atoms with E-state index in [0.29, 0.717) is 0 Å². The van der Waals surface area contributed by atoms with Crippen LogP contribution in [-0.2, 0) is 5.41 Å². The zero-order valence-corrected chi connectivity index (χ0v) is 13.6. The van der Waals surface area contributed by atoms with Crippen molar-refractivity contribution < 1.29 is 4.79 Å². The predicted molar refractivity (Wildman–Crippen MR) is 89.3 cm³/mol. The summed E-state index contributed by atoms with van der Waals surface area (Å²) in [4.78, 5) is 16.6. The van der Waals surface area contributed by atoms with Gasteiger partial charge in [-0.3, -0.25) is 4.79 Å². The average Bonchev–Trinajstić information content (AvgIpc) is 2.96. The number of likely N-dealkylation sites (N-methyl/N-ethyl adjacent to an activating group) is 1. The third-order valence-corrected chi connectivity index (χ3v) is 5.21. The standard InChI is InChI=1S/C18H19NOS/c1-12-9-10-16(21-12)15(20)11-17-18(2,3)13-7-5-6-8-14(13)19(17)4/h5-11H,1-4H3/b17-11-. The van der Waals surface area contributed by atoms with Gasteiger partial charge in [-0.25, -0.2) is 0 Å². The molecule has 0 N–H and O–H groups in total. The first-order chi connectivity index (χ1) is 9.91. The van der Waals surface area contributed by atoms with Gasteiger partial charge in [0.2, 0.25) is 0 Å². The number of allylic oxidation sites excluding steroid dienone is 2. The van der Waals surface area contributed by atoms with Gasteiger partial charge in [-0.2, -0.15) is 0 Å². The van der Waals surface area contributed by atoms with E-state index in [1.807, 2.05) is 32.2 Å². The quantitative estimate of drug-likeness (QED) is 0.598. The smallest absolute Gasteiger partial charge is 0.197 e. The summed E-state index contributed by atoms with van der Waals surface area (Å²) in [5.41, 5.74) is 3.37. The normalized spacial score (nSPS) is 18.1. The summed E-state index contributed by atoms with van der Waals surface area (Å²) in [5, 5.41) is 0. The number of anilines is 1. The van der Waals surface area contributed by atoms with Gasteiger partial charge in [-0.15, -0.1) is 11.3 Å². The molecule has 3 heteroatoms. The summed E-state index contributed by atoms with van der Waals surface area (Å²) in [6.45, 7) is 6.37. The second-order valence-corrected chi connectivity index (χ2v) is 7.29. The minimum atomic E-state index is -0.146. The van der Waals surface area contributed by atoms with Gasteiger partial charge in [-0.05, 0) is 30.7 Å². The first-order valence-corrected chi connectivity index (χ1v) is 7.89. The van der Waals surface area contributed by atoms with Gasteiger partial charge in [0.25, 0.3) is 0 Å². The summed E-state index contributed by atoms with van der Waals surface area (Å²) < 4.78 is 0. The Labute approximate surface area is 129 Å². The van der Waals surface area contributed by atoms with Crippen LogP contribution in [0.2, 0.25) is 0 Å². The van der Waals surface area contributed by atoms with Crippen molar-refractivity contribution in [3.63, 3.8) is 0 Å². The van der Waals surface area contributed by atoms with Crippen molar-refractivity contribution in [3.05, 3.63) is 63.5 Å². The van der Waals surface area contributed by atoms with Crippen LogP contribution in [0.3, 0.4) is 0 Å². The van der Waals surface area contributed by atoms with E-state index in [0.717, 1.165) is 10.6 Å². The van der Waals surface area contributed by atoms with E-state index >= 15 is 0 Å². The van der Waals surface area contributed by atoms with Crippen molar-refractivity contribution in [1.82, 2.24) is 0 Å². The lowest BCUT2D eigenvalue weighted by Gasteiger charge is -2.23. The Balaban J connectivity index is 2.04. The first-order valence-electron chi connectivity index (χ1n) is 7.07. The van der Waals surface area contributed by atoms with Crippen LogP contribution in [0.25, 0.3) is 0 Å². The predicted octanol–water partition coefficient (Wildman–Crippen LogP) is 4.55. The number of hydrogen-bond acceptors (Lipinski definition) is 3. The van der Waals surface area contributed by atoms with Gasteiger partial charge in [0, 0.05) is 34.8 Å². The lowest BCUT2D eigenvalue weighted by atomic mass is 9.83. The number of fused-ring (bicyclic) bond motifs is 1. The van der Waals surface area contributed by atoms with Crippen molar-refractivity contribution in [2.75, 3.05) is 11.9 Å². The van der Waals surface area contributed by atoms with Crippen LogP contribution in [0.15, 0.2) is 48.2 Å². The van der Waals surface area contributed by atoms with E-state index in [9.17, 15) is 4.79 Å². The molecular weight excluding hydrogens is 278 g/mol. The zero-order chi connectivity index (χ0) is 15.2. The molecule has 0 fully saturated rings. The highest BCUT2D eigenvalue weighted by Gasteiger charge is 2.38. The molecule has 0 atom stereocenters. The van der Waals surface area contributed by atoms with E-state index in [1.165, 1.54) is 16.1 Å². The minimum Gasteiger partial charge on any atom is -0.347 e. The van der Waals surface area contributed by atoms with Crippen molar-refractivity contribution in [2.45, 2.75) is 26.2 Å². The molecule has 108 valence electrons. The molecule has 0 saturated carbocycles. The Bertz CT molecular complexity index is 739. The van der Waals surface area contributed by atoms with Gasteiger partial charge >= 0.3 is 0 Å². The number of para-hydroxylation sites is 1. The highest BCUT2D eigenvalue weighted by Crippen LogP contribution is 2.46. The average molecular weight is 297 g/mol. The van der Waals surface area contributed by atoms with Gasteiger partial charge in [-0.1, -0.05) is 32.0 Å². The maximum absolute atomic E-state index is 12.5. The Kier molecular flexibility index (Phi) is 3.25. The molecule has 1 aromatic heterocycles. The molecule has 0 aliphatic carbocycles. The molecule has 0 radical (unpaired) electrons. The fraction of sp³-hybridized carbons (Fsp3) is 0.278. The topological polar surface area (TPSA) is 20.3 Å². The number of rotatable bonds is 2. The second kappa shape index (κ2) is 4.85. The third-order valence-electron chi connectivity index (χ3n) is 4.19. The van der Waals surface area contributed by atoms with Crippen LogP contribution in [0.5, 0.6) is 0 Å². The molecule has 0 bridgehead atoms. The number of carbonyl (C=O) groups is 1. The molecular formula is C18H19NOS. The summed E-state index contributed by atoms with van der Waals surface area (Å²) in [5.74, 6) is 0.0934. The van der Waals surface area contributed by atoms with Crippen LogP contribution >= 0.6 is 11.3 Å². The van der Waals surface area contributed by atoms with Crippen molar-refractivity contribution in [3.8, 4) is 0 Å². The molecule has 0 saturated heterocycles. The number of carbonyl (C=O) groups excluding carboxylic acids is 1. The molecule has 0 amide bonds. The van der Waals surface area contributed by atoms with Crippen LogP contribution < -0.4 is 4.90 Å². The van der Waals surface area contributed by atoms with Crippen LogP contribution in [-0.4, -0.2) is 12.8 Å². The summed E-state index contributed by atoms with van der Waals surface area (Å²) in [6, 6.07) is 12.3. The van der Waals surface area contributed by atoms with E-state index < -0.39 is 0 Å². The van der Waals surface area contributed by atoms with Crippen LogP contribution in [0.1, 0.15) is 34.0 Å². The SMILES string of the molecule is Cc1ccc(C(=O)/C=C2\N(C)c3ccccc3C2(C)C)s1. The highest BCUT2D eigenvalue weighted by atomic mass is 32.1. The molecule has 1 aliphatic heterocycles. The van der Waals surface area contributed by atoms with Gasteiger partial charge < -0.3 is 4.90 Å². The van der Waals surface area contributed by atoms with E-state index in [-0.39, 0.29) is 11.2 Å². The Morgan fingerprint density at radius 3 is 2.52 bits per heavy atom. The largest absolute Gasteiger partial charge is 0.347 e. The molecule has 2 nitrogen and oxygen atoms in total. The first kappa shape index (κ1) is 14.1. The molecule has 0 spiro atoms. The number of hydrogen-bond donors (Lipinski definition) is 0. The molecule has 1 aromatic carbocycles. The van der Waals surface area contributed by atoms with Crippen molar-refractivity contribution in [2.24, 2.45) is 0 Å². The van der Waals surface area contributed by atoms with Gasteiger partial charge in [0.1, 0.15) is 0 Å². The molecule has 3 rings (SSSR count). The summed E-state index contributed by atoms with van der Waals surface area (Å²) >= 11 is 1.55. The lowest BCUT2D eigenvalue weighted by Crippen LogP contribution is -2.24. The third kappa shape index (κ3) is 2.22. The van der Waals surface area contributed by atoms with E-state index in [1.54, 1.807) is 17.4 Å². The molecule has 0 unspecified atom stereocenters. The zero-order valence-electron chi connectivity index (χ0n) is 12.8. The molecule has 2 aromatic rings. The molecule has 1 aliphatic rings. The molecule has 2 heterocycles. The number of aryl methyl sites for hydroxylation is 1. The molecule has 21 heavy (non-hydrogen) atoms. The van der Waals surface area contributed by atoms with Crippen LogP contribution in [0.4, 0.5) is 5.69 Å². The second-order valence-electron chi connectivity index (χ2n) is 6.01. The number of thiophene rings is 1. The van der Waals surface area contributed by atoms with Gasteiger partial charge in [0.05, 0.1) is 4.88 Å². The Morgan fingerprint density at radius 1 is 1.19 bits per heavy atom. The number of nitrogens with zero attached hydrogens (tertiary/aromatic N) is 1. The Morgan fingerprint density at radius 2 is 1.90 bits per heavy atom. The van der Waals surface area contributed by atoms with E-state index in [2.05, 4.69) is 36.9 Å². The van der Waals surface area contributed by atoms with Crippen molar-refractivity contribution >= 4 is 22.8 Å². The fourth-order valence-corrected chi connectivity index (χ4v) is 3.80. The summed E-state index contributed by atoms with van der Waals surface area (Å²) in [6.07, 6.45) is 1.80. The number of ketones is 1. The summed E-state index contributed by atoms with van der Waals surface area (Å²) in [7, 11) is 2.03. The lowest BCUT2D eigenvalue weighted by molar-refractivity contribution is 0.104. The monoisotopic (exact) mass is 297 g/mol.